The number of amides is 2. The topological polar surface area (TPSA) is 84.7 Å². The van der Waals surface area contributed by atoms with Crippen LogP contribution in [0.3, 0.4) is 0 Å². The van der Waals surface area contributed by atoms with Crippen molar-refractivity contribution in [3.05, 3.63) is 23.8 Å². The van der Waals surface area contributed by atoms with Crippen LogP contribution in [0.25, 0.3) is 0 Å². The summed E-state index contributed by atoms with van der Waals surface area (Å²) in [4.78, 5) is 25.5. The molecule has 2 amide bonds. The average Bonchev–Trinajstić information content (AvgIpc) is 3.07. The van der Waals surface area contributed by atoms with Crippen molar-refractivity contribution in [2.24, 2.45) is 5.73 Å². The molecule has 3 N–H and O–H groups in total. The predicted molar refractivity (Wildman–Crippen MR) is 99.2 cm³/mol. The van der Waals surface area contributed by atoms with Gasteiger partial charge in [0.1, 0.15) is 5.75 Å². The van der Waals surface area contributed by atoms with Crippen LogP contribution in [-0.4, -0.2) is 42.5 Å². The number of hydrogen-bond acceptors (Lipinski definition) is 4. The van der Waals surface area contributed by atoms with Gasteiger partial charge in [0.05, 0.1) is 6.61 Å². The van der Waals surface area contributed by atoms with Gasteiger partial charge >= 0.3 is 0 Å². The van der Waals surface area contributed by atoms with Gasteiger partial charge < -0.3 is 20.7 Å². The highest BCUT2D eigenvalue weighted by molar-refractivity contribution is 5.94. The highest BCUT2D eigenvalue weighted by Crippen LogP contribution is 2.27. The van der Waals surface area contributed by atoms with Crippen LogP contribution in [0.15, 0.2) is 18.2 Å². The molecular formula is C18H26ClN3O3. The maximum Gasteiger partial charge on any atom is 0.224 e. The number of rotatable bonds is 6. The number of nitrogens with two attached hydrogens (primary N) is 1. The van der Waals surface area contributed by atoms with Crippen LogP contribution in [0, 0.1) is 0 Å². The second kappa shape index (κ2) is 9.06. The van der Waals surface area contributed by atoms with Crippen molar-refractivity contribution in [3.63, 3.8) is 0 Å². The average molecular weight is 368 g/mol. The molecule has 1 fully saturated rings. The standard InChI is InChI=1S/C18H25N3O3.ClH/c19-12-14-3-1-9-21(14)18(23)4-2-10-24-15-6-7-16-13(11-15)5-8-17(22)20-16;/h6-7,11,14H,1-5,8-10,12,19H2,(H,20,22);1H. The van der Waals surface area contributed by atoms with E-state index in [0.717, 1.165) is 42.8 Å². The first-order valence-electron chi connectivity index (χ1n) is 8.72. The molecule has 6 nitrogen and oxygen atoms in total. The minimum atomic E-state index is 0. The molecule has 138 valence electrons. The molecule has 2 aliphatic rings. The van der Waals surface area contributed by atoms with Crippen LogP contribution < -0.4 is 15.8 Å². The second-order valence-electron chi connectivity index (χ2n) is 6.44. The van der Waals surface area contributed by atoms with Crippen molar-refractivity contribution in [2.45, 2.75) is 44.6 Å². The molecule has 1 atom stereocenters. The first-order chi connectivity index (χ1) is 11.7. The van der Waals surface area contributed by atoms with Crippen molar-refractivity contribution in [1.29, 1.82) is 0 Å². The summed E-state index contributed by atoms with van der Waals surface area (Å²) in [7, 11) is 0. The van der Waals surface area contributed by atoms with E-state index in [9.17, 15) is 9.59 Å². The van der Waals surface area contributed by atoms with Crippen LogP contribution in [0.5, 0.6) is 5.75 Å². The lowest BCUT2D eigenvalue weighted by Crippen LogP contribution is -2.39. The van der Waals surface area contributed by atoms with Gasteiger partial charge in [0.2, 0.25) is 11.8 Å². The third-order valence-corrected chi connectivity index (χ3v) is 4.75. The third kappa shape index (κ3) is 4.86. The molecule has 2 heterocycles. The Balaban J connectivity index is 0.00000225. The third-order valence-electron chi connectivity index (χ3n) is 4.75. The number of likely N-dealkylation sites (tertiary alicyclic amines) is 1. The molecule has 1 aromatic rings. The molecule has 2 aliphatic heterocycles. The molecule has 0 aromatic heterocycles. The highest BCUT2D eigenvalue weighted by Gasteiger charge is 2.26. The summed E-state index contributed by atoms with van der Waals surface area (Å²) in [6, 6.07) is 5.93. The Kier molecular flexibility index (Phi) is 7.08. The SMILES string of the molecule is Cl.NCC1CCCN1C(=O)CCCOc1ccc2c(c1)CCC(=O)N2. The van der Waals surface area contributed by atoms with Gasteiger partial charge in [-0.25, -0.2) is 0 Å². The molecule has 1 saturated heterocycles. The fourth-order valence-electron chi connectivity index (χ4n) is 3.42. The van der Waals surface area contributed by atoms with E-state index in [1.807, 2.05) is 23.1 Å². The summed E-state index contributed by atoms with van der Waals surface area (Å²) in [5.41, 5.74) is 7.69. The lowest BCUT2D eigenvalue weighted by molar-refractivity contribution is -0.132. The monoisotopic (exact) mass is 367 g/mol. The van der Waals surface area contributed by atoms with E-state index >= 15 is 0 Å². The van der Waals surface area contributed by atoms with Gasteiger partial charge in [-0.1, -0.05) is 0 Å². The summed E-state index contributed by atoms with van der Waals surface area (Å²) in [6.45, 7) is 1.89. The number of nitrogens with zero attached hydrogens (tertiary/aromatic N) is 1. The number of halogens is 1. The molecule has 3 rings (SSSR count). The maximum absolute atomic E-state index is 12.2. The Bertz CT molecular complexity index is 624. The second-order valence-corrected chi connectivity index (χ2v) is 6.44. The molecule has 25 heavy (non-hydrogen) atoms. The van der Waals surface area contributed by atoms with E-state index in [1.54, 1.807) is 0 Å². The highest BCUT2D eigenvalue weighted by atomic mass is 35.5. The molecule has 0 bridgehead atoms. The molecule has 0 spiro atoms. The van der Waals surface area contributed by atoms with Crippen LogP contribution >= 0.6 is 12.4 Å². The Labute approximate surface area is 154 Å². The minimum absolute atomic E-state index is 0. The fraction of sp³-hybridized carbons (Fsp3) is 0.556. The number of aryl methyl sites for hydroxylation is 1. The summed E-state index contributed by atoms with van der Waals surface area (Å²) < 4.78 is 5.76. The van der Waals surface area contributed by atoms with Crippen molar-refractivity contribution < 1.29 is 14.3 Å². The zero-order valence-corrected chi connectivity index (χ0v) is 15.1. The minimum Gasteiger partial charge on any atom is -0.494 e. The molecular weight excluding hydrogens is 342 g/mol. The zero-order valence-electron chi connectivity index (χ0n) is 14.3. The largest absolute Gasteiger partial charge is 0.494 e. The molecule has 0 saturated carbocycles. The van der Waals surface area contributed by atoms with Crippen LogP contribution in [0.1, 0.15) is 37.7 Å². The normalized spacial score (nSPS) is 19.0. The number of carbonyl (C=O) groups is 2. The first-order valence-corrected chi connectivity index (χ1v) is 8.72. The van der Waals surface area contributed by atoms with E-state index in [1.165, 1.54) is 0 Å². The van der Waals surface area contributed by atoms with E-state index in [-0.39, 0.29) is 30.3 Å². The van der Waals surface area contributed by atoms with E-state index in [0.29, 0.717) is 32.4 Å². The van der Waals surface area contributed by atoms with Gasteiger partial charge in [-0.15, -0.1) is 12.4 Å². The molecule has 1 aromatic carbocycles. The van der Waals surface area contributed by atoms with E-state index < -0.39 is 0 Å². The lowest BCUT2D eigenvalue weighted by Gasteiger charge is -2.23. The van der Waals surface area contributed by atoms with Crippen molar-refractivity contribution >= 4 is 29.9 Å². The molecule has 7 heteroatoms. The van der Waals surface area contributed by atoms with Crippen LogP contribution in [0.4, 0.5) is 5.69 Å². The fourth-order valence-corrected chi connectivity index (χ4v) is 3.42. The van der Waals surface area contributed by atoms with Gasteiger partial charge in [0.25, 0.3) is 0 Å². The van der Waals surface area contributed by atoms with Gasteiger partial charge in [-0.05, 0) is 49.4 Å². The summed E-state index contributed by atoms with van der Waals surface area (Å²) in [5.74, 6) is 1.03. The Morgan fingerprint density at radius 3 is 3.00 bits per heavy atom. The Morgan fingerprint density at radius 1 is 1.36 bits per heavy atom. The number of benzene rings is 1. The van der Waals surface area contributed by atoms with Crippen molar-refractivity contribution in [3.8, 4) is 5.75 Å². The van der Waals surface area contributed by atoms with Crippen LogP contribution in [-0.2, 0) is 16.0 Å². The predicted octanol–water partition coefficient (Wildman–Crippen LogP) is 2.10. The number of nitrogens with one attached hydrogen (secondary N) is 1. The number of ether oxygens (including phenoxy) is 1. The van der Waals surface area contributed by atoms with Crippen molar-refractivity contribution in [1.82, 2.24) is 4.90 Å². The smallest absolute Gasteiger partial charge is 0.224 e. The van der Waals surface area contributed by atoms with Crippen LogP contribution in [0.2, 0.25) is 0 Å². The Morgan fingerprint density at radius 2 is 2.20 bits per heavy atom. The summed E-state index contributed by atoms with van der Waals surface area (Å²) in [6.07, 6.45) is 4.52. The zero-order chi connectivity index (χ0) is 16.9. The quantitative estimate of drug-likeness (QED) is 0.754. The molecule has 0 radical (unpaired) electrons. The maximum atomic E-state index is 12.2. The first kappa shape index (κ1) is 19.5. The van der Waals surface area contributed by atoms with Gasteiger partial charge in [-0.2, -0.15) is 0 Å². The number of carbonyl (C=O) groups excluding carboxylic acids is 2. The summed E-state index contributed by atoms with van der Waals surface area (Å²) in [5, 5.41) is 2.86. The molecule has 0 aliphatic carbocycles. The van der Waals surface area contributed by atoms with E-state index in [2.05, 4.69) is 5.32 Å². The number of fused-ring (bicyclic) bond motifs is 1. The van der Waals surface area contributed by atoms with E-state index in [4.69, 9.17) is 10.5 Å². The van der Waals surface area contributed by atoms with Gasteiger partial charge in [0, 0.05) is 37.7 Å². The van der Waals surface area contributed by atoms with Gasteiger partial charge in [0.15, 0.2) is 0 Å². The number of anilines is 1. The van der Waals surface area contributed by atoms with Crippen molar-refractivity contribution in [2.75, 3.05) is 25.0 Å². The number of hydrogen-bond donors (Lipinski definition) is 2. The van der Waals surface area contributed by atoms with Gasteiger partial charge in [-0.3, -0.25) is 9.59 Å². The molecule has 1 unspecified atom stereocenters. The Hall–Kier alpha value is -1.79. The summed E-state index contributed by atoms with van der Waals surface area (Å²) >= 11 is 0. The lowest BCUT2D eigenvalue weighted by atomic mass is 10.0.